The van der Waals surface area contributed by atoms with Gasteiger partial charge < -0.3 is 13.9 Å². The molecule has 0 saturated carbocycles. The van der Waals surface area contributed by atoms with Gasteiger partial charge in [-0.05, 0) is 34.5 Å². The molecule has 47 heavy (non-hydrogen) atoms. The fourth-order valence-electron chi connectivity index (χ4n) is 5.39. The summed E-state index contributed by atoms with van der Waals surface area (Å²) >= 11 is 0. The predicted octanol–water partition coefficient (Wildman–Crippen LogP) is 7.34. The van der Waals surface area contributed by atoms with Crippen molar-refractivity contribution in [2.24, 2.45) is 0 Å². The third-order valence-electron chi connectivity index (χ3n) is 7.66. The maximum Gasteiger partial charge on any atom is 0.231 e. The Morgan fingerprint density at radius 2 is 0.809 bits per heavy atom. The highest BCUT2D eigenvalue weighted by Crippen LogP contribution is 2.26. The van der Waals surface area contributed by atoms with E-state index in [-0.39, 0.29) is 0 Å². The number of ether oxygens (including phenoxy) is 1. The highest BCUT2D eigenvalue weighted by Gasteiger charge is 2.17. The first-order chi connectivity index (χ1) is 23.3. The Morgan fingerprint density at radius 1 is 0.426 bits per heavy atom. The Hall–Kier alpha value is -6.60. The van der Waals surface area contributed by atoms with E-state index in [0.717, 1.165) is 45.5 Å². The lowest BCUT2D eigenvalue weighted by molar-refractivity contribution is -0.589. The smallest absolute Gasteiger partial charge is 0.231 e. The molecular formula is C40H28N6O. The van der Waals surface area contributed by atoms with E-state index >= 15 is 0 Å². The number of benzene rings is 6. The first kappa shape index (κ1) is 27.9. The molecule has 0 saturated heterocycles. The number of rotatable bonds is 8. The molecule has 7 nitrogen and oxygen atoms in total. The van der Waals surface area contributed by atoms with Crippen LogP contribution in [-0.2, 0) is 0 Å². The summed E-state index contributed by atoms with van der Waals surface area (Å²) in [6.45, 7) is 0. The molecular weight excluding hydrogens is 580 g/mol. The van der Waals surface area contributed by atoms with Crippen molar-refractivity contribution in [1.82, 2.24) is 19.6 Å². The van der Waals surface area contributed by atoms with Gasteiger partial charge in [-0.25, -0.2) is 0 Å². The van der Waals surface area contributed by atoms with Gasteiger partial charge in [0.25, 0.3) is 0 Å². The molecule has 6 aromatic carbocycles. The van der Waals surface area contributed by atoms with Gasteiger partial charge in [0.05, 0.1) is 11.4 Å². The molecule has 7 heteroatoms. The lowest BCUT2D eigenvalue weighted by Crippen LogP contribution is -2.31. The van der Waals surface area contributed by atoms with Crippen molar-refractivity contribution in [3.63, 3.8) is 0 Å². The van der Waals surface area contributed by atoms with E-state index < -0.39 is 0 Å². The topological polar surface area (TPSA) is 52.6 Å². The number of aromatic nitrogens is 6. The quantitative estimate of drug-likeness (QED) is 0.134. The lowest BCUT2D eigenvalue weighted by atomic mass is 10.2. The minimum Gasteiger partial charge on any atom is -0.459 e. The van der Waals surface area contributed by atoms with Gasteiger partial charge in [-0.2, -0.15) is 9.36 Å². The fraction of sp³-hybridized carbons (Fsp3) is 0. The second-order valence-electron chi connectivity index (χ2n) is 10.8. The summed E-state index contributed by atoms with van der Waals surface area (Å²) in [5, 5.41) is 9.88. The molecule has 0 aliphatic rings. The zero-order chi connectivity index (χ0) is 31.4. The normalized spacial score (nSPS) is 11.0. The summed E-state index contributed by atoms with van der Waals surface area (Å²) in [7, 11) is 0. The molecule has 0 atom stereocenters. The van der Waals surface area contributed by atoms with Crippen LogP contribution in [0.25, 0.3) is 45.5 Å². The van der Waals surface area contributed by atoms with Gasteiger partial charge in [0.2, 0.25) is 24.3 Å². The summed E-state index contributed by atoms with van der Waals surface area (Å²) in [5.41, 5.74) is 5.58. The van der Waals surface area contributed by atoms with E-state index in [2.05, 4.69) is 12.7 Å². The van der Waals surface area contributed by atoms with Crippen LogP contribution in [-0.4, -0.2) is 19.6 Å². The summed E-state index contributed by atoms with van der Waals surface area (Å²) in [6, 6.07) is 56.1. The molecule has 0 aliphatic carbocycles. The Balaban J connectivity index is 1.12. The first-order valence-electron chi connectivity index (χ1n) is 15.3. The van der Waals surface area contributed by atoms with Gasteiger partial charge in [0.1, 0.15) is 11.5 Å². The molecule has 0 unspecified atom stereocenters. The van der Waals surface area contributed by atoms with Gasteiger partial charge in [0.15, 0.2) is 0 Å². The summed E-state index contributed by atoms with van der Waals surface area (Å²) in [5.74, 6) is 2.91. The van der Waals surface area contributed by atoms with Crippen molar-refractivity contribution in [3.8, 4) is 57.0 Å². The van der Waals surface area contributed by atoms with E-state index in [9.17, 15) is 0 Å². The largest absolute Gasteiger partial charge is 0.459 e. The van der Waals surface area contributed by atoms with E-state index in [4.69, 9.17) is 14.9 Å². The Morgan fingerprint density at radius 3 is 1.21 bits per heavy atom. The van der Waals surface area contributed by atoms with Crippen LogP contribution in [0.3, 0.4) is 0 Å². The van der Waals surface area contributed by atoms with Crippen LogP contribution >= 0.6 is 0 Å². The predicted molar refractivity (Wildman–Crippen MR) is 179 cm³/mol. The molecule has 0 spiro atoms. The standard InChI is InChI=1S/C40H28N6O/c1-5-15-31(16-6-1)39-41-45(29-43(39)33-19-9-3-10-20-33)35-23-13-25-37(27-35)47-38-26-14-24-36(28-38)46-30-44(34-21-11-4-12-22-34)40(42-46)32-17-7-2-8-18-32/h1-28H. The number of hydrogen-bond donors (Lipinski definition) is 0. The Bertz CT molecular complexity index is 1990. The highest BCUT2D eigenvalue weighted by atomic mass is 16.5. The van der Waals surface area contributed by atoms with E-state index in [0.29, 0.717) is 11.5 Å². The Labute approximate surface area is 272 Å². The van der Waals surface area contributed by atoms with Gasteiger partial charge >= 0.3 is 0 Å². The Kier molecular flexibility index (Phi) is 7.38. The van der Waals surface area contributed by atoms with Gasteiger partial charge in [-0.3, -0.25) is 0 Å². The van der Waals surface area contributed by atoms with Crippen molar-refractivity contribution in [1.29, 1.82) is 0 Å². The van der Waals surface area contributed by atoms with Crippen LogP contribution in [0, 0.1) is 12.7 Å². The van der Waals surface area contributed by atoms with Crippen molar-refractivity contribution < 1.29 is 13.9 Å². The molecule has 0 fully saturated rings. The third-order valence-corrected chi connectivity index (χ3v) is 7.66. The van der Waals surface area contributed by atoms with Crippen molar-refractivity contribution in [3.05, 3.63) is 183 Å². The second kappa shape index (κ2) is 12.4. The average Bonchev–Trinajstić information content (AvgIpc) is 3.80. The fourth-order valence-corrected chi connectivity index (χ4v) is 5.39. The number of para-hydroxylation sites is 2. The zero-order valence-corrected chi connectivity index (χ0v) is 25.3. The third kappa shape index (κ3) is 5.81. The molecule has 0 radical (unpaired) electrons. The van der Waals surface area contributed by atoms with Crippen LogP contribution in [0.1, 0.15) is 0 Å². The minimum atomic E-state index is 0.671. The molecule has 2 aromatic heterocycles. The second-order valence-corrected chi connectivity index (χ2v) is 10.8. The SMILES string of the molecule is [c-]1n(-c2cccc(Oc3cccc(-n4[c-][n+](-c5ccccc5)c(-c5ccccc5)n4)c3)c2)nc(-c2ccccc2)[n+]1-c1ccccc1. The van der Waals surface area contributed by atoms with Crippen molar-refractivity contribution in [2.45, 2.75) is 0 Å². The maximum absolute atomic E-state index is 6.39. The number of hydrogen-bond acceptors (Lipinski definition) is 3. The molecule has 2 heterocycles. The van der Waals surface area contributed by atoms with Crippen LogP contribution in [0.5, 0.6) is 11.5 Å². The summed E-state index contributed by atoms with van der Waals surface area (Å²) in [6.07, 6.45) is 6.84. The molecule has 0 N–H and O–H groups in total. The molecule has 0 aliphatic heterocycles. The van der Waals surface area contributed by atoms with E-state index in [1.165, 1.54) is 0 Å². The van der Waals surface area contributed by atoms with Crippen LogP contribution in [0.15, 0.2) is 170 Å². The molecule has 0 bridgehead atoms. The number of nitrogens with zero attached hydrogens (tertiary/aromatic N) is 6. The summed E-state index contributed by atoms with van der Waals surface area (Å²) < 4.78 is 13.8. The summed E-state index contributed by atoms with van der Waals surface area (Å²) in [4.78, 5) is 0. The monoisotopic (exact) mass is 608 g/mol. The molecule has 0 amide bonds. The molecule has 8 rings (SSSR count). The minimum absolute atomic E-state index is 0.671. The van der Waals surface area contributed by atoms with E-state index in [1.54, 1.807) is 9.36 Å². The first-order valence-corrected chi connectivity index (χ1v) is 15.3. The lowest BCUT2D eigenvalue weighted by Gasteiger charge is -2.09. The van der Waals surface area contributed by atoms with E-state index in [1.807, 2.05) is 179 Å². The van der Waals surface area contributed by atoms with Crippen LogP contribution in [0.4, 0.5) is 0 Å². The average molecular weight is 609 g/mol. The highest BCUT2D eigenvalue weighted by molar-refractivity contribution is 5.54. The van der Waals surface area contributed by atoms with Gasteiger partial charge in [-0.1, -0.05) is 146 Å². The van der Waals surface area contributed by atoms with Crippen molar-refractivity contribution in [2.75, 3.05) is 0 Å². The van der Waals surface area contributed by atoms with Gasteiger partial charge in [0, 0.05) is 22.5 Å². The maximum atomic E-state index is 6.39. The van der Waals surface area contributed by atoms with Crippen molar-refractivity contribution >= 4 is 0 Å². The zero-order valence-electron chi connectivity index (χ0n) is 25.3. The van der Waals surface area contributed by atoms with Crippen LogP contribution in [0.2, 0.25) is 0 Å². The van der Waals surface area contributed by atoms with Crippen LogP contribution < -0.4 is 13.9 Å². The molecule has 224 valence electrons. The van der Waals surface area contributed by atoms with Gasteiger partial charge in [-0.15, -0.1) is 0 Å². The molecule has 8 aromatic rings.